The number of carbonyl (C=O) groups is 1. The average molecular weight is 319 g/mol. The van der Waals surface area contributed by atoms with E-state index < -0.39 is 0 Å². The van der Waals surface area contributed by atoms with E-state index >= 15 is 0 Å². The number of rotatable bonds is 8. The van der Waals surface area contributed by atoms with Crippen molar-refractivity contribution >= 4 is 17.2 Å². The minimum absolute atomic E-state index is 0.161. The van der Waals surface area contributed by atoms with Gasteiger partial charge < -0.3 is 15.8 Å². The highest BCUT2D eigenvalue weighted by Gasteiger charge is 2.10. The van der Waals surface area contributed by atoms with Crippen molar-refractivity contribution in [3.8, 4) is 5.75 Å². The lowest BCUT2D eigenvalue weighted by molar-refractivity contribution is 0.0946. The largest absolute Gasteiger partial charge is 0.494 e. The molecule has 0 unspecified atom stereocenters. The topological polar surface area (TPSA) is 77.2 Å². The van der Waals surface area contributed by atoms with E-state index in [0.717, 1.165) is 22.7 Å². The van der Waals surface area contributed by atoms with E-state index in [2.05, 4.69) is 17.2 Å². The number of benzene rings is 1. The second kappa shape index (κ2) is 8.51. The summed E-state index contributed by atoms with van der Waals surface area (Å²) in [6, 6.07) is 7.73. The number of hydrogen-bond donors (Lipinski definition) is 2. The van der Waals surface area contributed by atoms with Crippen LogP contribution in [0.5, 0.6) is 5.75 Å². The van der Waals surface area contributed by atoms with Crippen molar-refractivity contribution in [1.82, 2.24) is 10.3 Å². The van der Waals surface area contributed by atoms with Crippen molar-refractivity contribution in [1.29, 1.82) is 0 Å². The van der Waals surface area contributed by atoms with Gasteiger partial charge in [0.25, 0.3) is 5.91 Å². The van der Waals surface area contributed by atoms with E-state index in [-0.39, 0.29) is 5.91 Å². The van der Waals surface area contributed by atoms with Gasteiger partial charge in [0.1, 0.15) is 11.4 Å². The number of carbonyl (C=O) groups excluding carboxylic acids is 1. The third kappa shape index (κ3) is 4.82. The first-order valence-electron chi connectivity index (χ1n) is 7.37. The molecule has 0 saturated carbocycles. The minimum atomic E-state index is -0.161. The van der Waals surface area contributed by atoms with Gasteiger partial charge in [0.2, 0.25) is 0 Å². The molecule has 6 heteroatoms. The summed E-state index contributed by atoms with van der Waals surface area (Å²) in [5, 5.41) is 5.53. The number of aromatic nitrogens is 1. The van der Waals surface area contributed by atoms with Crippen LogP contribution in [-0.2, 0) is 13.0 Å². The fourth-order valence-corrected chi connectivity index (χ4v) is 2.64. The highest BCUT2D eigenvalue weighted by atomic mass is 32.1. The van der Waals surface area contributed by atoms with E-state index in [4.69, 9.17) is 10.5 Å². The summed E-state index contributed by atoms with van der Waals surface area (Å²) in [5.41, 5.74) is 6.96. The average Bonchev–Trinajstić information content (AvgIpc) is 3.01. The van der Waals surface area contributed by atoms with Crippen LogP contribution in [0.25, 0.3) is 0 Å². The number of nitrogens with two attached hydrogens (primary N) is 1. The standard InChI is InChI=1S/C16H21N3O2S/c1-2-9-21-13-5-3-12(4-6-13)10-18-16(20)14-11-22-15(19-14)7-8-17/h3-6,11H,2,7-10,17H2,1H3,(H,18,20). The fourth-order valence-electron chi connectivity index (χ4n) is 1.85. The van der Waals surface area contributed by atoms with E-state index in [1.165, 1.54) is 11.3 Å². The van der Waals surface area contributed by atoms with Crippen molar-refractivity contribution in [2.45, 2.75) is 26.3 Å². The minimum Gasteiger partial charge on any atom is -0.494 e. The van der Waals surface area contributed by atoms with E-state index in [9.17, 15) is 4.79 Å². The van der Waals surface area contributed by atoms with Gasteiger partial charge in [0.15, 0.2) is 0 Å². The Morgan fingerprint density at radius 1 is 1.36 bits per heavy atom. The summed E-state index contributed by atoms with van der Waals surface area (Å²) < 4.78 is 5.52. The van der Waals surface area contributed by atoms with Crippen LogP contribution >= 0.6 is 11.3 Å². The molecule has 0 radical (unpaired) electrons. The van der Waals surface area contributed by atoms with Crippen LogP contribution in [-0.4, -0.2) is 24.0 Å². The quantitative estimate of drug-likeness (QED) is 0.783. The number of hydrogen-bond acceptors (Lipinski definition) is 5. The van der Waals surface area contributed by atoms with Crippen LogP contribution in [0.4, 0.5) is 0 Å². The van der Waals surface area contributed by atoms with Gasteiger partial charge in [-0.05, 0) is 30.7 Å². The summed E-state index contributed by atoms with van der Waals surface area (Å²) in [4.78, 5) is 16.3. The predicted molar refractivity (Wildman–Crippen MR) is 88.3 cm³/mol. The highest BCUT2D eigenvalue weighted by Crippen LogP contribution is 2.13. The molecule has 3 N–H and O–H groups in total. The number of nitrogens with zero attached hydrogens (tertiary/aromatic N) is 1. The molecule has 1 amide bonds. The van der Waals surface area contributed by atoms with E-state index in [0.29, 0.717) is 31.8 Å². The van der Waals surface area contributed by atoms with E-state index in [1.54, 1.807) is 5.38 Å². The van der Waals surface area contributed by atoms with Crippen molar-refractivity contribution in [2.24, 2.45) is 5.73 Å². The van der Waals surface area contributed by atoms with Gasteiger partial charge in [-0.25, -0.2) is 4.98 Å². The van der Waals surface area contributed by atoms with Crippen molar-refractivity contribution in [3.63, 3.8) is 0 Å². The zero-order chi connectivity index (χ0) is 15.8. The molecular weight excluding hydrogens is 298 g/mol. The summed E-state index contributed by atoms with van der Waals surface area (Å²) in [5.74, 6) is 0.689. The number of ether oxygens (including phenoxy) is 1. The molecule has 0 aliphatic rings. The molecule has 0 fully saturated rings. The van der Waals surface area contributed by atoms with Crippen LogP contribution in [0.2, 0.25) is 0 Å². The van der Waals surface area contributed by atoms with Gasteiger partial charge in [0.05, 0.1) is 11.6 Å². The molecule has 1 heterocycles. The molecule has 0 atom stereocenters. The normalized spacial score (nSPS) is 10.5. The third-order valence-electron chi connectivity index (χ3n) is 2.99. The van der Waals surface area contributed by atoms with Crippen LogP contribution in [0.1, 0.15) is 34.4 Å². The van der Waals surface area contributed by atoms with Gasteiger partial charge >= 0.3 is 0 Å². The van der Waals surface area contributed by atoms with Gasteiger partial charge in [-0.3, -0.25) is 4.79 Å². The van der Waals surface area contributed by atoms with Crippen LogP contribution in [0, 0.1) is 0 Å². The van der Waals surface area contributed by atoms with Crippen molar-refractivity contribution in [2.75, 3.05) is 13.2 Å². The fraction of sp³-hybridized carbons (Fsp3) is 0.375. The Morgan fingerprint density at radius 3 is 2.82 bits per heavy atom. The Morgan fingerprint density at radius 2 is 2.14 bits per heavy atom. The molecule has 0 aliphatic heterocycles. The molecular formula is C16H21N3O2S. The molecule has 2 aromatic rings. The number of thiazole rings is 1. The molecule has 0 aliphatic carbocycles. The van der Waals surface area contributed by atoms with Crippen molar-refractivity contribution in [3.05, 3.63) is 45.9 Å². The second-order valence-corrected chi connectivity index (χ2v) is 5.78. The smallest absolute Gasteiger partial charge is 0.271 e. The predicted octanol–water partition coefficient (Wildman–Crippen LogP) is 2.36. The maximum absolute atomic E-state index is 12.0. The summed E-state index contributed by atoms with van der Waals surface area (Å²) >= 11 is 1.47. The monoisotopic (exact) mass is 319 g/mol. The van der Waals surface area contributed by atoms with Crippen LogP contribution < -0.4 is 15.8 Å². The zero-order valence-corrected chi connectivity index (χ0v) is 13.5. The molecule has 1 aromatic carbocycles. The lowest BCUT2D eigenvalue weighted by Gasteiger charge is -2.06. The Hall–Kier alpha value is -1.92. The Labute approximate surface area is 134 Å². The lowest BCUT2D eigenvalue weighted by Crippen LogP contribution is -2.23. The molecule has 0 bridgehead atoms. The molecule has 0 spiro atoms. The zero-order valence-electron chi connectivity index (χ0n) is 12.7. The highest BCUT2D eigenvalue weighted by molar-refractivity contribution is 7.09. The molecule has 5 nitrogen and oxygen atoms in total. The van der Waals surface area contributed by atoms with Gasteiger partial charge in [-0.15, -0.1) is 11.3 Å². The van der Waals surface area contributed by atoms with Crippen LogP contribution in [0.15, 0.2) is 29.6 Å². The molecule has 22 heavy (non-hydrogen) atoms. The molecule has 0 saturated heterocycles. The second-order valence-electron chi connectivity index (χ2n) is 4.84. The summed E-state index contributed by atoms with van der Waals surface area (Å²) in [6.07, 6.45) is 1.69. The Balaban J connectivity index is 1.84. The maximum Gasteiger partial charge on any atom is 0.271 e. The Bertz CT molecular complexity index is 596. The summed E-state index contributed by atoms with van der Waals surface area (Å²) in [6.45, 7) is 3.80. The molecule has 2 rings (SSSR count). The van der Waals surface area contributed by atoms with Gasteiger partial charge in [0, 0.05) is 18.3 Å². The van der Waals surface area contributed by atoms with Gasteiger partial charge in [-0.2, -0.15) is 0 Å². The number of amides is 1. The molecule has 1 aromatic heterocycles. The van der Waals surface area contributed by atoms with Crippen molar-refractivity contribution < 1.29 is 9.53 Å². The SMILES string of the molecule is CCCOc1ccc(CNC(=O)c2csc(CCN)n2)cc1. The maximum atomic E-state index is 12.0. The first-order chi connectivity index (χ1) is 10.7. The first-order valence-corrected chi connectivity index (χ1v) is 8.25. The summed E-state index contributed by atoms with van der Waals surface area (Å²) in [7, 11) is 0. The Kier molecular flexibility index (Phi) is 6.36. The number of nitrogens with one attached hydrogen (secondary N) is 1. The molecule has 118 valence electrons. The lowest BCUT2D eigenvalue weighted by atomic mass is 10.2. The van der Waals surface area contributed by atoms with E-state index in [1.807, 2.05) is 24.3 Å². The third-order valence-corrected chi connectivity index (χ3v) is 3.90. The van der Waals surface area contributed by atoms with Crippen LogP contribution in [0.3, 0.4) is 0 Å². The van der Waals surface area contributed by atoms with Gasteiger partial charge in [-0.1, -0.05) is 19.1 Å². The first kappa shape index (κ1) is 16.5.